The van der Waals surface area contributed by atoms with Gasteiger partial charge in [-0.3, -0.25) is 0 Å². The molecule has 0 spiro atoms. The first kappa shape index (κ1) is 11.2. The Kier molecular flexibility index (Phi) is 2.94. The average molecular weight is 223 g/mol. The van der Waals surface area contributed by atoms with E-state index in [4.69, 9.17) is 5.11 Å². The molecule has 2 nitrogen and oxygen atoms in total. The summed E-state index contributed by atoms with van der Waals surface area (Å²) in [5.41, 5.74) is 0. The number of fused-ring (bicyclic) bond motifs is 2. The van der Waals surface area contributed by atoms with E-state index in [1.54, 1.807) is 0 Å². The van der Waals surface area contributed by atoms with Crippen molar-refractivity contribution in [1.82, 2.24) is 5.32 Å². The summed E-state index contributed by atoms with van der Waals surface area (Å²) in [4.78, 5) is 0. The number of alkyl halides is 3. The summed E-state index contributed by atoms with van der Waals surface area (Å²) in [7, 11) is 0. The Morgan fingerprint density at radius 1 is 1.27 bits per heavy atom. The molecule has 0 amide bonds. The molecule has 0 heterocycles. The van der Waals surface area contributed by atoms with Crippen LogP contribution < -0.4 is 5.32 Å². The van der Waals surface area contributed by atoms with Gasteiger partial charge in [0.15, 0.2) is 6.10 Å². The molecule has 2 fully saturated rings. The van der Waals surface area contributed by atoms with Crippen LogP contribution in [0.4, 0.5) is 13.2 Å². The van der Waals surface area contributed by atoms with Gasteiger partial charge in [0.2, 0.25) is 0 Å². The molecular formula is C10H16F3NO. The van der Waals surface area contributed by atoms with Crippen molar-refractivity contribution in [1.29, 1.82) is 0 Å². The van der Waals surface area contributed by atoms with E-state index in [1.165, 1.54) is 6.42 Å². The van der Waals surface area contributed by atoms with Crippen molar-refractivity contribution < 1.29 is 18.3 Å². The molecule has 0 radical (unpaired) electrons. The molecule has 0 aromatic carbocycles. The van der Waals surface area contributed by atoms with E-state index in [2.05, 4.69) is 5.32 Å². The van der Waals surface area contributed by atoms with Gasteiger partial charge in [0, 0.05) is 12.6 Å². The SMILES string of the molecule is OC(CNC1CC2CCC1C2)C(F)(F)F. The van der Waals surface area contributed by atoms with Crippen LogP contribution in [0.25, 0.3) is 0 Å². The van der Waals surface area contributed by atoms with Crippen LogP contribution in [0.1, 0.15) is 25.7 Å². The third kappa shape index (κ3) is 2.45. The number of aliphatic hydroxyl groups is 1. The van der Waals surface area contributed by atoms with Crippen molar-refractivity contribution in [2.75, 3.05) is 6.54 Å². The summed E-state index contributed by atoms with van der Waals surface area (Å²) >= 11 is 0. The number of rotatable bonds is 3. The predicted octanol–water partition coefficient (Wildman–Crippen LogP) is 1.69. The number of hydrogen-bond acceptors (Lipinski definition) is 2. The van der Waals surface area contributed by atoms with Crippen LogP contribution in [-0.4, -0.2) is 30.0 Å². The summed E-state index contributed by atoms with van der Waals surface area (Å²) in [5.74, 6) is 1.24. The summed E-state index contributed by atoms with van der Waals surface area (Å²) < 4.78 is 36.1. The lowest BCUT2D eigenvalue weighted by atomic mass is 9.95. The molecule has 0 aromatic rings. The smallest absolute Gasteiger partial charge is 0.382 e. The molecule has 2 N–H and O–H groups in total. The molecule has 0 aliphatic heterocycles. The van der Waals surface area contributed by atoms with Gasteiger partial charge < -0.3 is 10.4 Å². The fourth-order valence-corrected chi connectivity index (χ4v) is 2.87. The van der Waals surface area contributed by atoms with Gasteiger partial charge >= 0.3 is 6.18 Å². The van der Waals surface area contributed by atoms with E-state index in [0.717, 1.165) is 19.3 Å². The summed E-state index contributed by atoms with van der Waals surface area (Å²) in [6, 6.07) is 0.195. The van der Waals surface area contributed by atoms with Gasteiger partial charge in [-0.25, -0.2) is 0 Å². The van der Waals surface area contributed by atoms with Gasteiger partial charge in [0.25, 0.3) is 0 Å². The Hall–Kier alpha value is -0.290. The van der Waals surface area contributed by atoms with Crippen LogP contribution in [0.2, 0.25) is 0 Å². The molecule has 2 aliphatic carbocycles. The van der Waals surface area contributed by atoms with E-state index in [0.29, 0.717) is 11.8 Å². The Balaban J connectivity index is 1.75. The third-order valence-corrected chi connectivity index (χ3v) is 3.69. The third-order valence-electron chi connectivity index (χ3n) is 3.69. The van der Waals surface area contributed by atoms with Crippen molar-refractivity contribution in [3.8, 4) is 0 Å². The number of nitrogens with one attached hydrogen (secondary N) is 1. The summed E-state index contributed by atoms with van der Waals surface area (Å²) in [5, 5.41) is 11.7. The maximum Gasteiger partial charge on any atom is 0.415 e. The van der Waals surface area contributed by atoms with Crippen LogP contribution in [-0.2, 0) is 0 Å². The molecule has 2 bridgehead atoms. The Morgan fingerprint density at radius 3 is 2.47 bits per heavy atom. The van der Waals surface area contributed by atoms with E-state index >= 15 is 0 Å². The monoisotopic (exact) mass is 223 g/mol. The summed E-state index contributed by atoms with van der Waals surface area (Å²) in [6.45, 7) is -0.364. The lowest BCUT2D eigenvalue weighted by molar-refractivity contribution is -0.202. The van der Waals surface area contributed by atoms with Crippen molar-refractivity contribution in [3.05, 3.63) is 0 Å². The molecule has 88 valence electrons. The highest BCUT2D eigenvalue weighted by Crippen LogP contribution is 2.44. The minimum atomic E-state index is -4.50. The van der Waals surface area contributed by atoms with Crippen LogP contribution in [0.15, 0.2) is 0 Å². The van der Waals surface area contributed by atoms with Gasteiger partial charge in [-0.15, -0.1) is 0 Å². The van der Waals surface area contributed by atoms with E-state index in [9.17, 15) is 13.2 Å². The highest BCUT2D eigenvalue weighted by Gasteiger charge is 2.42. The molecule has 4 atom stereocenters. The molecule has 5 heteroatoms. The average Bonchev–Trinajstić information content (AvgIpc) is 2.73. The predicted molar refractivity (Wildman–Crippen MR) is 49.3 cm³/mol. The van der Waals surface area contributed by atoms with Crippen LogP contribution in [0, 0.1) is 11.8 Å². The number of halogens is 3. The molecule has 2 aliphatic rings. The fraction of sp³-hybridized carbons (Fsp3) is 1.00. The maximum atomic E-state index is 12.0. The van der Waals surface area contributed by atoms with E-state index < -0.39 is 12.3 Å². The second-order valence-corrected chi connectivity index (χ2v) is 4.75. The molecule has 0 aromatic heterocycles. The zero-order valence-corrected chi connectivity index (χ0v) is 8.43. The maximum absolute atomic E-state index is 12.0. The Labute approximate surface area is 86.9 Å². The van der Waals surface area contributed by atoms with Gasteiger partial charge in [-0.1, -0.05) is 6.42 Å². The lowest BCUT2D eigenvalue weighted by Gasteiger charge is -2.25. The zero-order chi connectivity index (χ0) is 11.1. The van der Waals surface area contributed by atoms with Gasteiger partial charge in [-0.05, 0) is 31.1 Å². The zero-order valence-electron chi connectivity index (χ0n) is 8.43. The van der Waals surface area contributed by atoms with Crippen molar-refractivity contribution in [3.63, 3.8) is 0 Å². The number of hydrogen-bond donors (Lipinski definition) is 2. The van der Waals surface area contributed by atoms with Crippen molar-refractivity contribution in [2.24, 2.45) is 11.8 Å². The molecule has 2 rings (SSSR count). The van der Waals surface area contributed by atoms with Crippen LogP contribution >= 0.6 is 0 Å². The summed E-state index contributed by atoms with van der Waals surface area (Å²) in [6.07, 6.45) is -2.23. The second kappa shape index (κ2) is 3.94. The molecule has 0 saturated heterocycles. The highest BCUT2D eigenvalue weighted by molar-refractivity contribution is 4.94. The van der Waals surface area contributed by atoms with Crippen molar-refractivity contribution >= 4 is 0 Å². The first-order valence-electron chi connectivity index (χ1n) is 5.45. The number of aliphatic hydroxyl groups excluding tert-OH is 1. The minimum Gasteiger partial charge on any atom is -0.382 e. The molecule has 2 saturated carbocycles. The topological polar surface area (TPSA) is 32.3 Å². The molecule has 15 heavy (non-hydrogen) atoms. The minimum absolute atomic E-state index is 0.195. The first-order chi connectivity index (χ1) is 6.97. The fourth-order valence-electron chi connectivity index (χ4n) is 2.87. The largest absolute Gasteiger partial charge is 0.415 e. The van der Waals surface area contributed by atoms with Gasteiger partial charge in [0.05, 0.1) is 0 Å². The van der Waals surface area contributed by atoms with E-state index in [1.807, 2.05) is 0 Å². The normalized spacial score (nSPS) is 37.2. The Bertz CT molecular complexity index is 231. The second-order valence-electron chi connectivity index (χ2n) is 4.75. The first-order valence-corrected chi connectivity index (χ1v) is 5.45. The standard InChI is InChI=1S/C10H16F3NO/c11-10(12,13)9(15)5-14-8-4-6-1-2-7(8)3-6/h6-9,14-15H,1-5H2. The van der Waals surface area contributed by atoms with Crippen LogP contribution in [0.3, 0.4) is 0 Å². The van der Waals surface area contributed by atoms with E-state index in [-0.39, 0.29) is 12.6 Å². The molecular weight excluding hydrogens is 207 g/mol. The van der Waals surface area contributed by atoms with Gasteiger partial charge in [-0.2, -0.15) is 13.2 Å². The lowest BCUT2D eigenvalue weighted by Crippen LogP contribution is -2.44. The quantitative estimate of drug-likeness (QED) is 0.763. The molecule has 4 unspecified atom stereocenters. The Morgan fingerprint density at radius 2 is 2.00 bits per heavy atom. The van der Waals surface area contributed by atoms with Crippen molar-refractivity contribution in [2.45, 2.75) is 44.0 Å². The highest BCUT2D eigenvalue weighted by atomic mass is 19.4. The van der Waals surface area contributed by atoms with Gasteiger partial charge in [0.1, 0.15) is 0 Å². The van der Waals surface area contributed by atoms with Crippen LogP contribution in [0.5, 0.6) is 0 Å².